The summed E-state index contributed by atoms with van der Waals surface area (Å²) in [5, 5.41) is 0.714. The first-order chi connectivity index (χ1) is 8.61. The summed E-state index contributed by atoms with van der Waals surface area (Å²) in [6.07, 6.45) is 3.41. The maximum Gasteiger partial charge on any atom is 0.135 e. The van der Waals surface area contributed by atoms with Gasteiger partial charge in [0.1, 0.15) is 11.5 Å². The molecule has 0 fully saturated rings. The molecule has 0 aliphatic heterocycles. The molecule has 1 aromatic heterocycles. The van der Waals surface area contributed by atoms with Crippen molar-refractivity contribution in [1.82, 2.24) is 4.98 Å². The van der Waals surface area contributed by atoms with E-state index in [1.807, 2.05) is 32.0 Å². The smallest absolute Gasteiger partial charge is 0.135 e. The molecule has 2 N–H and O–H groups in total. The van der Waals surface area contributed by atoms with Crippen molar-refractivity contribution >= 4 is 11.6 Å². The van der Waals surface area contributed by atoms with Gasteiger partial charge in [-0.3, -0.25) is 4.98 Å². The van der Waals surface area contributed by atoms with Gasteiger partial charge in [0.25, 0.3) is 0 Å². The lowest BCUT2D eigenvalue weighted by atomic mass is 10.1. The topological polar surface area (TPSA) is 48.1 Å². The maximum atomic E-state index is 6.00. The Morgan fingerprint density at radius 3 is 2.56 bits per heavy atom. The van der Waals surface area contributed by atoms with E-state index >= 15 is 0 Å². The largest absolute Gasteiger partial charge is 0.456 e. The first-order valence-corrected chi connectivity index (χ1v) is 6.07. The minimum atomic E-state index is 0.398. The third-order valence-corrected chi connectivity index (χ3v) is 2.93. The number of hydrogen-bond acceptors (Lipinski definition) is 3. The van der Waals surface area contributed by atoms with Crippen molar-refractivity contribution in [2.75, 3.05) is 0 Å². The van der Waals surface area contributed by atoms with Gasteiger partial charge in [0.15, 0.2) is 0 Å². The van der Waals surface area contributed by atoms with Crippen molar-refractivity contribution in [1.29, 1.82) is 0 Å². The van der Waals surface area contributed by atoms with E-state index in [9.17, 15) is 0 Å². The number of aromatic nitrogens is 1. The zero-order chi connectivity index (χ0) is 13.1. The van der Waals surface area contributed by atoms with E-state index in [1.165, 1.54) is 0 Å². The summed E-state index contributed by atoms with van der Waals surface area (Å²) < 4.78 is 5.94. The van der Waals surface area contributed by atoms with E-state index in [4.69, 9.17) is 22.1 Å². The Morgan fingerprint density at radius 1 is 1.28 bits per heavy atom. The molecule has 0 saturated carbocycles. The van der Waals surface area contributed by atoms with Crippen LogP contribution >= 0.6 is 11.6 Å². The van der Waals surface area contributed by atoms with Crippen LogP contribution in [0.15, 0.2) is 30.6 Å². The van der Waals surface area contributed by atoms with Crippen molar-refractivity contribution in [2.45, 2.75) is 20.4 Å². The summed E-state index contributed by atoms with van der Waals surface area (Å²) in [4.78, 5) is 4.04. The van der Waals surface area contributed by atoms with Crippen LogP contribution in [0.2, 0.25) is 5.02 Å². The number of nitrogens with two attached hydrogens (primary N) is 1. The Balaban J connectivity index is 2.40. The van der Waals surface area contributed by atoms with E-state index in [2.05, 4.69) is 4.98 Å². The maximum absolute atomic E-state index is 6.00. The normalized spacial score (nSPS) is 10.4. The summed E-state index contributed by atoms with van der Waals surface area (Å²) in [7, 11) is 0. The van der Waals surface area contributed by atoms with Crippen LogP contribution in [-0.2, 0) is 6.54 Å². The molecular weight excluding hydrogens is 248 g/mol. The zero-order valence-electron chi connectivity index (χ0n) is 10.4. The van der Waals surface area contributed by atoms with Crippen molar-refractivity contribution < 1.29 is 4.74 Å². The lowest BCUT2D eigenvalue weighted by Crippen LogP contribution is -2.01. The molecule has 0 saturated heterocycles. The Labute approximate surface area is 112 Å². The van der Waals surface area contributed by atoms with Gasteiger partial charge in [0.05, 0.1) is 0 Å². The molecule has 0 atom stereocenters. The van der Waals surface area contributed by atoms with Crippen LogP contribution in [0.4, 0.5) is 0 Å². The standard InChI is InChI=1S/C14H15ClN2O/c1-9-5-12(15)6-10(2)14(9)18-13-3-4-17-8-11(13)7-16/h3-6,8H,7,16H2,1-2H3. The molecule has 94 valence electrons. The van der Waals surface area contributed by atoms with E-state index in [0.29, 0.717) is 11.6 Å². The third kappa shape index (κ3) is 2.63. The molecule has 0 amide bonds. The van der Waals surface area contributed by atoms with Gasteiger partial charge < -0.3 is 10.5 Å². The van der Waals surface area contributed by atoms with Crippen molar-refractivity contribution in [3.05, 3.63) is 52.3 Å². The first-order valence-electron chi connectivity index (χ1n) is 5.69. The van der Waals surface area contributed by atoms with Gasteiger partial charge in [-0.15, -0.1) is 0 Å². The highest BCUT2D eigenvalue weighted by molar-refractivity contribution is 6.30. The Kier molecular flexibility index (Phi) is 3.84. The number of halogens is 1. The van der Waals surface area contributed by atoms with Gasteiger partial charge in [-0.2, -0.15) is 0 Å². The molecule has 0 unspecified atom stereocenters. The molecule has 0 aliphatic rings. The summed E-state index contributed by atoms with van der Waals surface area (Å²) in [6, 6.07) is 5.58. The van der Waals surface area contributed by atoms with Crippen LogP contribution in [0.3, 0.4) is 0 Å². The van der Waals surface area contributed by atoms with Crippen molar-refractivity contribution in [2.24, 2.45) is 5.73 Å². The SMILES string of the molecule is Cc1cc(Cl)cc(C)c1Oc1ccncc1CN. The van der Waals surface area contributed by atoms with Crippen molar-refractivity contribution in [3.8, 4) is 11.5 Å². The second-order valence-corrected chi connectivity index (χ2v) is 4.59. The predicted molar refractivity (Wildman–Crippen MR) is 73.1 cm³/mol. The second-order valence-electron chi connectivity index (χ2n) is 4.16. The Hall–Kier alpha value is -1.58. The average molecular weight is 263 g/mol. The van der Waals surface area contributed by atoms with Crippen LogP contribution < -0.4 is 10.5 Å². The molecule has 4 heteroatoms. The van der Waals surface area contributed by atoms with E-state index in [0.717, 1.165) is 28.2 Å². The van der Waals surface area contributed by atoms with Crippen molar-refractivity contribution in [3.63, 3.8) is 0 Å². The molecular formula is C14H15ClN2O. The summed E-state index contributed by atoms with van der Waals surface area (Å²) in [5.41, 5.74) is 8.54. The number of nitrogens with zero attached hydrogens (tertiary/aromatic N) is 1. The number of benzene rings is 1. The number of hydrogen-bond donors (Lipinski definition) is 1. The minimum Gasteiger partial charge on any atom is -0.456 e. The van der Waals surface area contributed by atoms with Gasteiger partial charge >= 0.3 is 0 Å². The molecule has 2 rings (SSSR count). The highest BCUT2D eigenvalue weighted by atomic mass is 35.5. The van der Waals surface area contributed by atoms with Gasteiger partial charge in [-0.05, 0) is 43.2 Å². The number of ether oxygens (including phenoxy) is 1. The number of pyridine rings is 1. The Morgan fingerprint density at radius 2 is 1.94 bits per heavy atom. The quantitative estimate of drug-likeness (QED) is 0.919. The van der Waals surface area contributed by atoms with Crippen LogP contribution in [0.1, 0.15) is 16.7 Å². The molecule has 0 bridgehead atoms. The molecule has 2 aromatic rings. The summed E-state index contributed by atoms with van der Waals surface area (Å²) in [5.74, 6) is 1.56. The first kappa shape index (κ1) is 12.9. The van der Waals surface area contributed by atoms with Crippen LogP contribution in [0.5, 0.6) is 11.5 Å². The third-order valence-electron chi connectivity index (χ3n) is 2.72. The average Bonchev–Trinajstić information content (AvgIpc) is 2.34. The van der Waals surface area contributed by atoms with Gasteiger partial charge in [0, 0.05) is 29.5 Å². The highest BCUT2D eigenvalue weighted by Gasteiger charge is 2.09. The van der Waals surface area contributed by atoms with Crippen LogP contribution in [0.25, 0.3) is 0 Å². The van der Waals surface area contributed by atoms with Gasteiger partial charge in [-0.25, -0.2) is 0 Å². The Bertz CT molecular complexity index is 546. The predicted octanol–water partition coefficient (Wildman–Crippen LogP) is 3.60. The summed E-state index contributed by atoms with van der Waals surface area (Å²) in [6.45, 7) is 4.34. The molecule has 1 aromatic carbocycles. The lowest BCUT2D eigenvalue weighted by Gasteiger charge is -2.14. The van der Waals surface area contributed by atoms with Crippen LogP contribution in [0, 0.1) is 13.8 Å². The highest BCUT2D eigenvalue weighted by Crippen LogP contribution is 2.32. The molecule has 18 heavy (non-hydrogen) atoms. The summed E-state index contributed by atoms with van der Waals surface area (Å²) >= 11 is 6.00. The second kappa shape index (κ2) is 5.38. The fourth-order valence-electron chi connectivity index (χ4n) is 1.84. The molecule has 1 heterocycles. The van der Waals surface area contributed by atoms with E-state index in [-0.39, 0.29) is 0 Å². The number of rotatable bonds is 3. The zero-order valence-corrected chi connectivity index (χ0v) is 11.2. The molecule has 0 aliphatic carbocycles. The molecule has 3 nitrogen and oxygen atoms in total. The molecule has 0 spiro atoms. The molecule has 0 radical (unpaired) electrons. The van der Waals surface area contributed by atoms with Crippen LogP contribution in [-0.4, -0.2) is 4.98 Å². The monoisotopic (exact) mass is 262 g/mol. The van der Waals surface area contributed by atoms with E-state index in [1.54, 1.807) is 12.4 Å². The minimum absolute atomic E-state index is 0.398. The lowest BCUT2D eigenvalue weighted by molar-refractivity contribution is 0.468. The fourth-order valence-corrected chi connectivity index (χ4v) is 2.16. The number of aryl methyl sites for hydroxylation is 2. The van der Waals surface area contributed by atoms with Gasteiger partial charge in [-0.1, -0.05) is 11.6 Å². The van der Waals surface area contributed by atoms with Gasteiger partial charge in [0.2, 0.25) is 0 Å². The van der Waals surface area contributed by atoms with E-state index < -0.39 is 0 Å². The fraction of sp³-hybridized carbons (Fsp3) is 0.214.